The maximum atomic E-state index is 13.1. The molecule has 0 radical (unpaired) electrons. The third-order valence-electron chi connectivity index (χ3n) is 9.38. The Kier molecular flexibility index (Phi) is 11.9. The summed E-state index contributed by atoms with van der Waals surface area (Å²) in [5, 5.41) is 15.4. The number of benzene rings is 4. The van der Waals surface area contributed by atoms with Crippen LogP contribution < -0.4 is 15.4 Å². The summed E-state index contributed by atoms with van der Waals surface area (Å²) >= 11 is 0. The van der Waals surface area contributed by atoms with E-state index in [1.54, 1.807) is 24.3 Å². The molecule has 4 aromatic rings. The molecule has 3 N–H and O–H groups in total. The highest BCUT2D eigenvalue weighted by molar-refractivity contribution is 5.89. The molecule has 52 heavy (non-hydrogen) atoms. The zero-order valence-electron chi connectivity index (χ0n) is 30.3. The Hall–Kier alpha value is -4.74. The maximum Gasteiger partial charge on any atom is 0.323 e. The first-order chi connectivity index (χ1) is 25.0. The molecule has 0 saturated carbocycles. The second-order valence-electron chi connectivity index (χ2n) is 14.5. The van der Waals surface area contributed by atoms with Gasteiger partial charge in [-0.2, -0.15) is 0 Å². The average Bonchev–Trinajstić information content (AvgIpc) is 3.61. The molecule has 4 aromatic carbocycles. The number of amides is 2. The number of urea groups is 1. The van der Waals surface area contributed by atoms with E-state index in [2.05, 4.69) is 22.5 Å². The van der Waals surface area contributed by atoms with Crippen LogP contribution in [0.1, 0.15) is 75.2 Å². The Labute approximate surface area is 306 Å². The van der Waals surface area contributed by atoms with Crippen molar-refractivity contribution in [2.45, 2.75) is 83.8 Å². The van der Waals surface area contributed by atoms with Crippen LogP contribution >= 0.6 is 0 Å². The lowest BCUT2D eigenvalue weighted by Crippen LogP contribution is -2.48. The molecule has 0 unspecified atom stereocenters. The van der Waals surface area contributed by atoms with Gasteiger partial charge in [-0.05, 0) is 93.2 Å². The van der Waals surface area contributed by atoms with E-state index in [1.807, 2.05) is 99.6 Å². The van der Waals surface area contributed by atoms with Crippen LogP contribution in [-0.2, 0) is 32.2 Å². The van der Waals surface area contributed by atoms with Gasteiger partial charge in [-0.1, -0.05) is 73.7 Å². The van der Waals surface area contributed by atoms with E-state index >= 15 is 0 Å². The summed E-state index contributed by atoms with van der Waals surface area (Å²) in [5.41, 5.74) is 3.69. The second kappa shape index (κ2) is 16.7. The fourth-order valence-electron chi connectivity index (χ4n) is 6.62. The van der Waals surface area contributed by atoms with E-state index in [0.717, 1.165) is 47.4 Å². The van der Waals surface area contributed by atoms with Crippen LogP contribution in [-0.4, -0.2) is 52.8 Å². The highest BCUT2D eigenvalue weighted by Crippen LogP contribution is 2.42. The minimum Gasteiger partial charge on any atom is -0.459 e. The number of hydrogen-bond acceptors (Lipinski definition) is 8. The molecule has 2 amide bonds. The van der Waals surface area contributed by atoms with Crippen LogP contribution in [0.15, 0.2) is 103 Å². The molecule has 274 valence electrons. The summed E-state index contributed by atoms with van der Waals surface area (Å²) in [6, 6.07) is 31.7. The molecule has 0 aromatic heterocycles. The van der Waals surface area contributed by atoms with Gasteiger partial charge in [0.1, 0.15) is 23.1 Å². The van der Waals surface area contributed by atoms with Gasteiger partial charge in [-0.15, -0.1) is 0 Å². The third kappa shape index (κ3) is 9.77. The third-order valence-corrected chi connectivity index (χ3v) is 9.38. The number of rotatable bonds is 11. The number of anilines is 1. The SMILES string of the molecule is C[C@@H]1[C@H](CN2CCC[C@H]2C(=O)OC(C)(C)C)O[C@H](c2ccc(CNC(=O)Nc3ccc(Oc4ccccc4)cc3)cc2)O[C@@H]1c1ccc(CO)cc1. The maximum absolute atomic E-state index is 13.1. The van der Waals surface area contributed by atoms with Gasteiger partial charge in [0.2, 0.25) is 0 Å². The van der Waals surface area contributed by atoms with E-state index in [9.17, 15) is 14.7 Å². The molecular formula is C42H49N3O7. The summed E-state index contributed by atoms with van der Waals surface area (Å²) in [4.78, 5) is 28.0. The van der Waals surface area contributed by atoms with Crippen LogP contribution in [0.2, 0.25) is 0 Å². The standard InChI is InChI=1S/C42H49N3O7/c1-28-37(26-45-24-8-11-36(45)39(47)52-42(2,3)4)50-40(51-38(28)31-16-14-30(27-46)15-17-31)32-18-12-29(13-19-32)25-43-41(48)44-33-20-22-35(23-21-33)49-34-9-6-5-7-10-34/h5-7,9-10,12-23,28,36-38,40,46H,8,11,24-27H2,1-4H3,(H2,43,44,48)/t28-,36+,37+,38+,40+/m1/s1. The number of para-hydroxylation sites is 1. The smallest absolute Gasteiger partial charge is 0.323 e. The molecule has 0 bridgehead atoms. The number of carbonyl (C=O) groups is 2. The first-order valence-electron chi connectivity index (χ1n) is 18.0. The number of aliphatic hydroxyl groups excluding tert-OH is 1. The normalized spacial score (nSPS) is 22.1. The Bertz CT molecular complexity index is 1760. The largest absolute Gasteiger partial charge is 0.459 e. The summed E-state index contributed by atoms with van der Waals surface area (Å²) < 4.78 is 24.9. The van der Waals surface area contributed by atoms with Crippen molar-refractivity contribution in [2.24, 2.45) is 5.92 Å². The molecule has 2 aliphatic heterocycles. The predicted molar refractivity (Wildman–Crippen MR) is 199 cm³/mol. The monoisotopic (exact) mass is 707 g/mol. The molecule has 2 heterocycles. The Morgan fingerprint density at radius 3 is 2.17 bits per heavy atom. The lowest BCUT2D eigenvalue weighted by atomic mass is 9.90. The zero-order valence-corrected chi connectivity index (χ0v) is 30.3. The van der Waals surface area contributed by atoms with Crippen molar-refractivity contribution in [1.82, 2.24) is 10.2 Å². The summed E-state index contributed by atoms with van der Waals surface area (Å²) in [5.74, 6) is 1.20. The van der Waals surface area contributed by atoms with Crippen LogP contribution in [0.3, 0.4) is 0 Å². The van der Waals surface area contributed by atoms with Crippen molar-refractivity contribution in [3.63, 3.8) is 0 Å². The summed E-state index contributed by atoms with van der Waals surface area (Å²) in [6.07, 6.45) is 0.522. The predicted octanol–water partition coefficient (Wildman–Crippen LogP) is 7.89. The van der Waals surface area contributed by atoms with Gasteiger partial charge < -0.3 is 34.7 Å². The molecule has 2 aliphatic rings. The van der Waals surface area contributed by atoms with Crippen molar-refractivity contribution in [3.05, 3.63) is 125 Å². The first-order valence-corrected chi connectivity index (χ1v) is 18.0. The average molecular weight is 708 g/mol. The van der Waals surface area contributed by atoms with Gasteiger partial charge in [-0.25, -0.2) is 4.79 Å². The van der Waals surface area contributed by atoms with E-state index in [-0.39, 0.29) is 42.8 Å². The number of nitrogens with one attached hydrogen (secondary N) is 2. The van der Waals surface area contributed by atoms with Gasteiger partial charge in [0.25, 0.3) is 0 Å². The molecule has 6 rings (SSSR count). The topological polar surface area (TPSA) is 119 Å². The number of ether oxygens (including phenoxy) is 4. The molecule has 10 heteroatoms. The van der Waals surface area contributed by atoms with E-state index in [0.29, 0.717) is 24.5 Å². The fourth-order valence-corrected chi connectivity index (χ4v) is 6.62. The number of esters is 1. The van der Waals surface area contributed by atoms with E-state index < -0.39 is 11.9 Å². The fraction of sp³-hybridized carbons (Fsp3) is 0.381. The minimum atomic E-state index is -0.648. The van der Waals surface area contributed by atoms with Crippen LogP contribution in [0.25, 0.3) is 0 Å². The quantitative estimate of drug-likeness (QED) is 0.135. The molecule has 2 fully saturated rings. The molecule has 0 aliphatic carbocycles. The Morgan fingerprint density at radius 1 is 0.846 bits per heavy atom. The zero-order chi connectivity index (χ0) is 36.7. The van der Waals surface area contributed by atoms with Crippen LogP contribution in [0.4, 0.5) is 10.5 Å². The number of nitrogens with zero attached hydrogens (tertiary/aromatic N) is 1. The highest BCUT2D eigenvalue weighted by atomic mass is 16.7. The van der Waals surface area contributed by atoms with Crippen LogP contribution in [0, 0.1) is 5.92 Å². The number of aliphatic hydroxyl groups is 1. The number of likely N-dealkylation sites (tertiary alicyclic amines) is 1. The second-order valence-corrected chi connectivity index (χ2v) is 14.5. The number of carbonyl (C=O) groups excluding carboxylic acids is 2. The molecule has 10 nitrogen and oxygen atoms in total. The van der Waals surface area contributed by atoms with Crippen molar-refractivity contribution >= 4 is 17.7 Å². The molecule has 2 saturated heterocycles. The van der Waals surface area contributed by atoms with Gasteiger partial charge in [0.05, 0.1) is 18.8 Å². The molecule has 5 atom stereocenters. The van der Waals surface area contributed by atoms with Gasteiger partial charge in [-0.3, -0.25) is 9.69 Å². The summed E-state index contributed by atoms with van der Waals surface area (Å²) in [7, 11) is 0. The van der Waals surface area contributed by atoms with Crippen molar-refractivity contribution in [1.29, 1.82) is 0 Å². The minimum absolute atomic E-state index is 0.0225. The highest BCUT2D eigenvalue weighted by Gasteiger charge is 2.42. The lowest BCUT2D eigenvalue weighted by Gasteiger charge is -2.43. The molecular weight excluding hydrogens is 658 g/mol. The van der Waals surface area contributed by atoms with Crippen molar-refractivity contribution < 1.29 is 33.6 Å². The Balaban J connectivity index is 1.09. The van der Waals surface area contributed by atoms with E-state index in [4.69, 9.17) is 18.9 Å². The van der Waals surface area contributed by atoms with Gasteiger partial charge in [0.15, 0.2) is 6.29 Å². The van der Waals surface area contributed by atoms with Gasteiger partial charge in [0, 0.05) is 30.3 Å². The summed E-state index contributed by atoms with van der Waals surface area (Å²) in [6.45, 7) is 9.46. The van der Waals surface area contributed by atoms with Crippen molar-refractivity contribution in [2.75, 3.05) is 18.4 Å². The van der Waals surface area contributed by atoms with Gasteiger partial charge >= 0.3 is 12.0 Å². The lowest BCUT2D eigenvalue weighted by molar-refractivity contribution is -0.276. The number of hydrogen-bond donors (Lipinski definition) is 3. The first kappa shape index (κ1) is 37.0. The van der Waals surface area contributed by atoms with Crippen LogP contribution in [0.5, 0.6) is 11.5 Å². The Morgan fingerprint density at radius 2 is 1.50 bits per heavy atom. The van der Waals surface area contributed by atoms with E-state index in [1.165, 1.54) is 0 Å². The van der Waals surface area contributed by atoms with Crippen molar-refractivity contribution in [3.8, 4) is 11.5 Å². The molecule has 0 spiro atoms.